The standard InChI is InChI=1S/C15H25NO7/c1-13(2,3)22-12(18)16-10(8-11(17)19-5)15-20-7-6-14(4,23-15)9-21-15/h10H,6-9H2,1-5H3,(H,16,18)/t10-,14?,15?/m0/s1. The maximum Gasteiger partial charge on any atom is 0.408 e. The van der Waals surface area contributed by atoms with E-state index in [1.807, 2.05) is 6.92 Å². The van der Waals surface area contributed by atoms with Gasteiger partial charge in [-0.05, 0) is 27.7 Å². The van der Waals surface area contributed by atoms with Gasteiger partial charge in [-0.25, -0.2) is 4.79 Å². The molecule has 0 spiro atoms. The quantitative estimate of drug-likeness (QED) is 0.777. The van der Waals surface area contributed by atoms with E-state index in [1.165, 1.54) is 7.11 Å². The summed E-state index contributed by atoms with van der Waals surface area (Å²) < 4.78 is 27.1. The zero-order valence-electron chi connectivity index (χ0n) is 14.3. The van der Waals surface area contributed by atoms with Gasteiger partial charge in [-0.2, -0.15) is 0 Å². The van der Waals surface area contributed by atoms with Crippen LogP contribution in [0.3, 0.4) is 0 Å². The molecular formula is C15H25NO7. The first kappa shape index (κ1) is 18.0. The van der Waals surface area contributed by atoms with Crippen LogP contribution < -0.4 is 5.32 Å². The minimum atomic E-state index is -1.50. The number of hydrogen-bond donors (Lipinski definition) is 1. The van der Waals surface area contributed by atoms with Crippen LogP contribution in [-0.2, 0) is 28.5 Å². The highest BCUT2D eigenvalue weighted by molar-refractivity contribution is 5.73. The van der Waals surface area contributed by atoms with Crippen LogP contribution in [0.25, 0.3) is 0 Å². The van der Waals surface area contributed by atoms with E-state index in [-0.39, 0.29) is 6.42 Å². The molecule has 8 heteroatoms. The maximum atomic E-state index is 12.1. The Morgan fingerprint density at radius 3 is 2.61 bits per heavy atom. The number of nitrogens with one attached hydrogen (secondary N) is 1. The predicted molar refractivity (Wildman–Crippen MR) is 78.5 cm³/mol. The number of carbonyl (C=O) groups is 2. The summed E-state index contributed by atoms with van der Waals surface area (Å²) in [6.07, 6.45) is -0.173. The molecule has 2 bridgehead atoms. The number of fused-ring (bicyclic) bond motifs is 2. The number of esters is 1. The van der Waals surface area contributed by atoms with Gasteiger partial charge in [0.25, 0.3) is 0 Å². The number of alkyl carbamates (subject to hydrolysis) is 1. The Kier molecular flexibility index (Phi) is 4.89. The number of rotatable bonds is 4. The van der Waals surface area contributed by atoms with E-state index < -0.39 is 35.3 Å². The van der Waals surface area contributed by atoms with Crippen LogP contribution in [0.2, 0.25) is 0 Å². The summed E-state index contributed by atoms with van der Waals surface area (Å²) in [6.45, 7) is 7.87. The summed E-state index contributed by atoms with van der Waals surface area (Å²) in [5.41, 5.74) is -1.17. The summed E-state index contributed by atoms with van der Waals surface area (Å²) in [6, 6.07) is -0.882. The van der Waals surface area contributed by atoms with Crippen molar-refractivity contribution >= 4 is 12.1 Å². The van der Waals surface area contributed by atoms with Gasteiger partial charge >= 0.3 is 18.0 Å². The van der Waals surface area contributed by atoms with E-state index in [9.17, 15) is 9.59 Å². The minimum Gasteiger partial charge on any atom is -0.469 e. The smallest absolute Gasteiger partial charge is 0.408 e. The second-order valence-corrected chi connectivity index (χ2v) is 7.02. The predicted octanol–water partition coefficient (Wildman–Crippen LogP) is 1.32. The monoisotopic (exact) mass is 331 g/mol. The molecule has 3 atom stereocenters. The molecule has 8 nitrogen and oxygen atoms in total. The highest BCUT2D eigenvalue weighted by Gasteiger charge is 2.58. The average molecular weight is 331 g/mol. The van der Waals surface area contributed by atoms with Gasteiger partial charge in [-0.3, -0.25) is 4.79 Å². The van der Waals surface area contributed by atoms with Crippen molar-refractivity contribution in [2.45, 2.75) is 63.8 Å². The highest BCUT2D eigenvalue weighted by Crippen LogP contribution is 2.41. The lowest BCUT2D eigenvalue weighted by molar-refractivity contribution is -0.378. The van der Waals surface area contributed by atoms with Gasteiger partial charge in [0.15, 0.2) is 0 Å². The Balaban J connectivity index is 2.14. The first-order valence-corrected chi connectivity index (χ1v) is 7.62. The molecule has 2 heterocycles. The Hall–Kier alpha value is -1.38. The molecule has 0 aromatic rings. The van der Waals surface area contributed by atoms with Gasteiger partial charge in [0.05, 0.1) is 32.3 Å². The Morgan fingerprint density at radius 2 is 2.00 bits per heavy atom. The third kappa shape index (κ3) is 4.33. The van der Waals surface area contributed by atoms with Gasteiger partial charge in [0.1, 0.15) is 11.6 Å². The molecule has 2 fully saturated rings. The van der Waals surface area contributed by atoms with Crippen LogP contribution in [0.1, 0.15) is 40.5 Å². The molecule has 0 aliphatic carbocycles. The lowest BCUT2D eigenvalue weighted by atomic mass is 10.0. The largest absolute Gasteiger partial charge is 0.469 e. The summed E-state index contributed by atoms with van der Waals surface area (Å²) in [7, 11) is 1.27. The SMILES string of the molecule is COC(=O)C[C@H](NC(=O)OC(C)(C)C)C12OCCC(C)(CO1)O2. The first-order valence-electron chi connectivity index (χ1n) is 7.62. The van der Waals surface area contributed by atoms with Gasteiger partial charge in [0.2, 0.25) is 0 Å². The van der Waals surface area contributed by atoms with Crippen molar-refractivity contribution in [1.82, 2.24) is 5.32 Å². The van der Waals surface area contributed by atoms with Crippen LogP contribution in [0.5, 0.6) is 0 Å². The number of methoxy groups -OCH3 is 1. The average Bonchev–Trinajstić information content (AvgIpc) is 2.66. The summed E-state index contributed by atoms with van der Waals surface area (Å²) >= 11 is 0. The number of amides is 1. The molecular weight excluding hydrogens is 306 g/mol. The first-order chi connectivity index (χ1) is 10.6. The lowest BCUT2D eigenvalue weighted by Gasteiger charge is -2.40. The van der Waals surface area contributed by atoms with E-state index in [2.05, 4.69) is 10.1 Å². The van der Waals surface area contributed by atoms with Crippen LogP contribution in [-0.4, -0.2) is 55.6 Å². The van der Waals surface area contributed by atoms with Crippen molar-refractivity contribution < 1.29 is 33.3 Å². The number of ether oxygens (including phenoxy) is 5. The fourth-order valence-corrected chi connectivity index (χ4v) is 2.50. The van der Waals surface area contributed by atoms with E-state index in [4.69, 9.17) is 18.9 Å². The molecule has 2 unspecified atom stereocenters. The Bertz CT molecular complexity index is 475. The van der Waals surface area contributed by atoms with Crippen LogP contribution in [0.15, 0.2) is 0 Å². The van der Waals surface area contributed by atoms with Gasteiger partial charge in [0, 0.05) is 6.42 Å². The Morgan fingerprint density at radius 1 is 1.30 bits per heavy atom. The van der Waals surface area contributed by atoms with Crippen molar-refractivity contribution in [3.8, 4) is 0 Å². The van der Waals surface area contributed by atoms with Crippen LogP contribution in [0, 0.1) is 0 Å². The molecule has 2 saturated heterocycles. The third-order valence-electron chi connectivity index (χ3n) is 3.62. The summed E-state index contributed by atoms with van der Waals surface area (Å²) in [5.74, 6) is -2.02. The van der Waals surface area contributed by atoms with Crippen molar-refractivity contribution in [1.29, 1.82) is 0 Å². The fourth-order valence-electron chi connectivity index (χ4n) is 2.50. The van der Waals surface area contributed by atoms with Crippen LogP contribution >= 0.6 is 0 Å². The van der Waals surface area contributed by atoms with Crippen molar-refractivity contribution in [3.63, 3.8) is 0 Å². The molecule has 0 aromatic heterocycles. The van der Waals surface area contributed by atoms with E-state index in [0.717, 1.165) is 0 Å². The van der Waals surface area contributed by atoms with E-state index in [1.54, 1.807) is 20.8 Å². The topological polar surface area (TPSA) is 92.3 Å². The van der Waals surface area contributed by atoms with E-state index >= 15 is 0 Å². The molecule has 0 radical (unpaired) electrons. The van der Waals surface area contributed by atoms with Gasteiger partial charge in [-0.15, -0.1) is 0 Å². The number of carbonyl (C=O) groups excluding carboxylic acids is 2. The molecule has 2 aliphatic heterocycles. The molecule has 0 aromatic carbocycles. The van der Waals surface area contributed by atoms with E-state index in [0.29, 0.717) is 19.6 Å². The van der Waals surface area contributed by atoms with Gasteiger partial charge in [-0.1, -0.05) is 0 Å². The highest BCUT2D eigenvalue weighted by atomic mass is 16.9. The zero-order valence-corrected chi connectivity index (χ0v) is 14.3. The summed E-state index contributed by atoms with van der Waals surface area (Å²) in [5, 5.41) is 2.61. The molecule has 0 saturated carbocycles. The van der Waals surface area contributed by atoms with Crippen LogP contribution in [0.4, 0.5) is 4.79 Å². The normalized spacial score (nSPS) is 31.3. The molecule has 1 amide bonds. The summed E-state index contributed by atoms with van der Waals surface area (Å²) in [4.78, 5) is 23.8. The third-order valence-corrected chi connectivity index (χ3v) is 3.62. The van der Waals surface area contributed by atoms with Crippen molar-refractivity contribution in [2.24, 2.45) is 0 Å². The Labute approximate surface area is 135 Å². The van der Waals surface area contributed by atoms with Crippen molar-refractivity contribution in [3.05, 3.63) is 0 Å². The number of hydrogen-bond acceptors (Lipinski definition) is 7. The second-order valence-electron chi connectivity index (χ2n) is 7.02. The fraction of sp³-hybridized carbons (Fsp3) is 0.867. The van der Waals surface area contributed by atoms with Gasteiger partial charge < -0.3 is 29.0 Å². The molecule has 1 N–H and O–H groups in total. The lowest BCUT2D eigenvalue weighted by Crippen LogP contribution is -2.59. The van der Waals surface area contributed by atoms with Crippen molar-refractivity contribution in [2.75, 3.05) is 20.3 Å². The maximum absolute atomic E-state index is 12.1. The minimum absolute atomic E-state index is 0.161. The second kappa shape index (κ2) is 6.26. The molecule has 23 heavy (non-hydrogen) atoms. The molecule has 132 valence electrons. The molecule has 2 aliphatic rings. The molecule has 2 rings (SSSR count). The zero-order chi connectivity index (χ0) is 17.3.